The average Bonchev–Trinajstić information content (AvgIpc) is 2.29. The second-order valence-electron chi connectivity index (χ2n) is 4.18. The molecule has 1 heteroatoms. The van der Waals surface area contributed by atoms with Crippen molar-refractivity contribution in [1.29, 1.82) is 0 Å². The van der Waals surface area contributed by atoms with Gasteiger partial charge in [-0.25, -0.2) is 0 Å². The van der Waals surface area contributed by atoms with Gasteiger partial charge in [-0.2, -0.15) is 0 Å². The molecule has 0 atom stereocenters. The molecule has 0 aromatic heterocycles. The van der Waals surface area contributed by atoms with E-state index in [1.165, 1.54) is 31.2 Å². The van der Waals surface area contributed by atoms with Crippen molar-refractivity contribution in [3.05, 3.63) is 35.4 Å². The van der Waals surface area contributed by atoms with E-state index in [2.05, 4.69) is 32.0 Å². The second kappa shape index (κ2) is 6.62. The van der Waals surface area contributed by atoms with Crippen molar-refractivity contribution < 1.29 is 5.11 Å². The van der Waals surface area contributed by atoms with Crippen LogP contribution in [0.4, 0.5) is 0 Å². The maximum atomic E-state index is 9.10. The van der Waals surface area contributed by atoms with Crippen LogP contribution in [0.2, 0.25) is 0 Å². The number of aliphatic hydroxyl groups is 1. The number of aliphatic hydroxyl groups excluding tert-OH is 1. The molecule has 1 aromatic rings. The molecule has 0 heterocycles. The van der Waals surface area contributed by atoms with Gasteiger partial charge in [0.1, 0.15) is 0 Å². The van der Waals surface area contributed by atoms with E-state index < -0.39 is 0 Å². The van der Waals surface area contributed by atoms with Crippen LogP contribution >= 0.6 is 0 Å². The summed E-state index contributed by atoms with van der Waals surface area (Å²) >= 11 is 0. The number of hydrogen-bond acceptors (Lipinski definition) is 1. The lowest BCUT2D eigenvalue weighted by Crippen LogP contribution is -1.99. The Kier molecular flexibility index (Phi) is 5.41. The van der Waals surface area contributed by atoms with E-state index in [9.17, 15) is 0 Å². The number of hydrogen-bond donors (Lipinski definition) is 1. The zero-order chi connectivity index (χ0) is 11.1. The van der Waals surface area contributed by atoms with Gasteiger partial charge in [-0.15, -0.1) is 0 Å². The van der Waals surface area contributed by atoms with Crippen LogP contribution < -0.4 is 0 Å². The Balaban J connectivity index is 2.79. The summed E-state index contributed by atoms with van der Waals surface area (Å²) in [5, 5.41) is 9.10. The van der Waals surface area contributed by atoms with Gasteiger partial charge in [0, 0.05) is 0 Å². The maximum Gasteiger partial charge on any atom is 0.0681 e. The molecule has 0 saturated carbocycles. The molecule has 1 N–H and O–H groups in total. The average molecular weight is 206 g/mol. The third-order valence-electron chi connectivity index (χ3n) is 2.88. The van der Waals surface area contributed by atoms with E-state index in [-0.39, 0.29) is 6.61 Å². The minimum Gasteiger partial charge on any atom is -0.392 e. The minimum atomic E-state index is 0.152. The fourth-order valence-electron chi connectivity index (χ4n) is 2.12. The number of rotatable bonds is 6. The van der Waals surface area contributed by atoms with Crippen LogP contribution in [0.5, 0.6) is 0 Å². The highest BCUT2D eigenvalue weighted by Crippen LogP contribution is 2.26. The first-order chi connectivity index (χ1) is 7.31. The second-order valence-corrected chi connectivity index (χ2v) is 4.18. The van der Waals surface area contributed by atoms with Gasteiger partial charge in [0.2, 0.25) is 0 Å². The topological polar surface area (TPSA) is 20.2 Å². The Labute approximate surface area is 93.1 Å². The van der Waals surface area contributed by atoms with Crippen molar-refractivity contribution in [1.82, 2.24) is 0 Å². The van der Waals surface area contributed by atoms with Crippen LogP contribution in [-0.2, 0) is 6.61 Å². The van der Waals surface area contributed by atoms with E-state index in [0.717, 1.165) is 5.56 Å². The molecule has 1 nitrogen and oxygen atoms in total. The summed E-state index contributed by atoms with van der Waals surface area (Å²) in [6.07, 6.45) is 4.97. The molecule has 1 aromatic carbocycles. The Morgan fingerprint density at radius 2 is 1.80 bits per heavy atom. The standard InChI is InChI=1S/C14H22O/c1-3-6-13(7-4-2)14-9-5-8-12(10-14)11-15/h5,8-10,13,15H,3-4,6-7,11H2,1-2H3. The van der Waals surface area contributed by atoms with E-state index in [4.69, 9.17) is 5.11 Å². The molecule has 0 fully saturated rings. The van der Waals surface area contributed by atoms with E-state index in [0.29, 0.717) is 5.92 Å². The van der Waals surface area contributed by atoms with Crippen LogP contribution in [0, 0.1) is 0 Å². The molecule has 0 saturated heterocycles. The zero-order valence-corrected chi connectivity index (χ0v) is 9.87. The van der Waals surface area contributed by atoms with Crippen molar-refractivity contribution in [3.63, 3.8) is 0 Å². The van der Waals surface area contributed by atoms with Gasteiger partial charge in [-0.3, -0.25) is 0 Å². The molecule has 0 aliphatic rings. The first kappa shape index (κ1) is 12.3. The molecule has 0 aliphatic heterocycles. The first-order valence-corrected chi connectivity index (χ1v) is 6.01. The van der Waals surface area contributed by atoms with Crippen LogP contribution in [0.1, 0.15) is 56.6 Å². The van der Waals surface area contributed by atoms with E-state index in [1.54, 1.807) is 0 Å². The highest BCUT2D eigenvalue weighted by atomic mass is 16.3. The third kappa shape index (κ3) is 3.67. The molecule has 15 heavy (non-hydrogen) atoms. The zero-order valence-electron chi connectivity index (χ0n) is 9.87. The molecule has 0 amide bonds. The van der Waals surface area contributed by atoms with Crippen LogP contribution in [0.25, 0.3) is 0 Å². The van der Waals surface area contributed by atoms with E-state index >= 15 is 0 Å². The van der Waals surface area contributed by atoms with Crippen LogP contribution in [-0.4, -0.2) is 5.11 Å². The van der Waals surface area contributed by atoms with Crippen molar-refractivity contribution in [2.75, 3.05) is 0 Å². The van der Waals surface area contributed by atoms with Gasteiger partial charge < -0.3 is 5.11 Å². The van der Waals surface area contributed by atoms with Gasteiger partial charge in [-0.05, 0) is 29.9 Å². The summed E-state index contributed by atoms with van der Waals surface area (Å²) in [6, 6.07) is 8.38. The minimum absolute atomic E-state index is 0.152. The van der Waals surface area contributed by atoms with Gasteiger partial charge in [0.05, 0.1) is 6.61 Å². The van der Waals surface area contributed by atoms with Crippen molar-refractivity contribution in [3.8, 4) is 0 Å². The van der Waals surface area contributed by atoms with Crippen molar-refractivity contribution in [2.45, 2.75) is 52.1 Å². The van der Waals surface area contributed by atoms with E-state index in [1.807, 2.05) is 6.07 Å². The lowest BCUT2D eigenvalue weighted by Gasteiger charge is -2.16. The molecule has 0 aliphatic carbocycles. The summed E-state index contributed by atoms with van der Waals surface area (Å²) in [6.45, 7) is 4.62. The van der Waals surface area contributed by atoms with Gasteiger partial charge in [-0.1, -0.05) is 51.0 Å². The monoisotopic (exact) mass is 206 g/mol. The van der Waals surface area contributed by atoms with Gasteiger partial charge >= 0.3 is 0 Å². The van der Waals surface area contributed by atoms with Crippen molar-refractivity contribution in [2.24, 2.45) is 0 Å². The van der Waals surface area contributed by atoms with Crippen molar-refractivity contribution >= 4 is 0 Å². The Morgan fingerprint density at radius 1 is 1.13 bits per heavy atom. The van der Waals surface area contributed by atoms with Gasteiger partial charge in [0.15, 0.2) is 0 Å². The summed E-state index contributed by atoms with van der Waals surface area (Å²) in [7, 11) is 0. The van der Waals surface area contributed by atoms with Crippen LogP contribution in [0.15, 0.2) is 24.3 Å². The molecule has 0 radical (unpaired) electrons. The Bertz CT molecular complexity index is 274. The fraction of sp³-hybridized carbons (Fsp3) is 0.571. The molecule has 0 bridgehead atoms. The van der Waals surface area contributed by atoms with Gasteiger partial charge in [0.25, 0.3) is 0 Å². The normalized spacial score (nSPS) is 10.9. The largest absolute Gasteiger partial charge is 0.392 e. The molecule has 1 rings (SSSR count). The molecular formula is C14H22O. The summed E-state index contributed by atoms with van der Waals surface area (Å²) in [5.74, 6) is 0.673. The summed E-state index contributed by atoms with van der Waals surface area (Å²) in [4.78, 5) is 0. The first-order valence-electron chi connectivity index (χ1n) is 6.01. The Hall–Kier alpha value is -0.820. The highest BCUT2D eigenvalue weighted by molar-refractivity contribution is 5.26. The molecule has 0 spiro atoms. The maximum absolute atomic E-state index is 9.10. The lowest BCUT2D eigenvalue weighted by molar-refractivity contribution is 0.281. The SMILES string of the molecule is CCCC(CCC)c1cccc(CO)c1. The predicted molar refractivity (Wildman–Crippen MR) is 64.9 cm³/mol. The molecular weight excluding hydrogens is 184 g/mol. The Morgan fingerprint density at radius 3 is 2.33 bits per heavy atom. The third-order valence-corrected chi connectivity index (χ3v) is 2.88. The van der Waals surface area contributed by atoms with Crippen LogP contribution in [0.3, 0.4) is 0 Å². The molecule has 84 valence electrons. The predicted octanol–water partition coefficient (Wildman–Crippen LogP) is 3.86. The number of benzene rings is 1. The highest BCUT2D eigenvalue weighted by Gasteiger charge is 2.09. The summed E-state index contributed by atoms with van der Waals surface area (Å²) in [5.41, 5.74) is 2.43. The fourth-order valence-corrected chi connectivity index (χ4v) is 2.12. The quantitative estimate of drug-likeness (QED) is 0.749. The smallest absolute Gasteiger partial charge is 0.0681 e. The lowest BCUT2D eigenvalue weighted by atomic mass is 9.89. The summed E-state index contributed by atoms with van der Waals surface area (Å²) < 4.78 is 0. The molecule has 0 unspecified atom stereocenters.